The van der Waals surface area contributed by atoms with E-state index < -0.39 is 0 Å². The summed E-state index contributed by atoms with van der Waals surface area (Å²) in [4.78, 5) is 24.8. The van der Waals surface area contributed by atoms with Crippen molar-refractivity contribution in [1.82, 2.24) is 10.2 Å². The van der Waals surface area contributed by atoms with Gasteiger partial charge in [-0.25, -0.2) is 0 Å². The lowest BCUT2D eigenvalue weighted by molar-refractivity contribution is -0.139. The van der Waals surface area contributed by atoms with Crippen LogP contribution in [0.5, 0.6) is 0 Å². The topological polar surface area (TPSA) is 58.6 Å². The summed E-state index contributed by atoms with van der Waals surface area (Å²) in [5.41, 5.74) is 1.48. The van der Waals surface area contributed by atoms with Gasteiger partial charge in [0, 0.05) is 6.20 Å². The summed E-state index contributed by atoms with van der Waals surface area (Å²) in [6.07, 6.45) is 3.77. The molecule has 0 radical (unpaired) electrons. The minimum Gasteiger partial charge on any atom is -0.377 e. The van der Waals surface area contributed by atoms with Gasteiger partial charge < -0.3 is 15.0 Å². The maximum absolute atomic E-state index is 12.6. The number of hydrogen-bond donors (Lipinski definition) is 1. The van der Waals surface area contributed by atoms with Gasteiger partial charge in [0.15, 0.2) is 0 Å². The second-order valence-electron chi connectivity index (χ2n) is 5.05. The molecule has 0 aromatic heterocycles. The molecule has 19 heavy (non-hydrogen) atoms. The first-order valence-corrected chi connectivity index (χ1v) is 6.42. The van der Waals surface area contributed by atoms with Crippen LogP contribution in [0.15, 0.2) is 23.4 Å². The quantitative estimate of drug-likeness (QED) is 0.473. The van der Waals surface area contributed by atoms with Crippen LogP contribution >= 0.6 is 0 Å². The van der Waals surface area contributed by atoms with Crippen molar-refractivity contribution in [3.63, 3.8) is 0 Å². The number of ether oxygens (including phenoxy) is 1. The number of nitrogens with one attached hydrogen (secondary N) is 1. The lowest BCUT2D eigenvalue weighted by atomic mass is 10.1. The largest absolute Gasteiger partial charge is 0.377 e. The van der Waals surface area contributed by atoms with E-state index >= 15 is 0 Å². The molecule has 0 aromatic rings. The molecule has 2 amide bonds. The van der Waals surface area contributed by atoms with E-state index in [1.165, 1.54) is 6.20 Å². The van der Waals surface area contributed by atoms with Crippen molar-refractivity contribution in [2.24, 2.45) is 0 Å². The van der Waals surface area contributed by atoms with Crippen LogP contribution in [-0.4, -0.2) is 42.5 Å². The Labute approximate surface area is 114 Å². The number of allylic oxidation sites excluding steroid dienone is 1. The highest BCUT2D eigenvalue weighted by molar-refractivity contribution is 5.97. The average molecular weight is 266 g/mol. The lowest BCUT2D eigenvalue weighted by Crippen LogP contribution is -2.52. The molecule has 0 aromatic carbocycles. The summed E-state index contributed by atoms with van der Waals surface area (Å²) in [6.45, 7) is 8.82. The number of carbonyl (C=O) groups is 2. The Hall–Kier alpha value is -1.62. The highest BCUT2D eigenvalue weighted by atomic mass is 16.5. The highest BCUT2D eigenvalue weighted by Crippen LogP contribution is 2.17. The molecule has 1 N–H and O–H groups in total. The summed E-state index contributed by atoms with van der Waals surface area (Å²) in [5, 5.41) is 2.44. The predicted octanol–water partition coefficient (Wildman–Crippen LogP) is 1.22. The summed E-state index contributed by atoms with van der Waals surface area (Å²) >= 11 is 0. The number of hydrogen-bond acceptors (Lipinski definition) is 3. The van der Waals surface area contributed by atoms with Crippen LogP contribution in [-0.2, 0) is 14.3 Å². The third kappa shape index (κ3) is 4.21. The van der Waals surface area contributed by atoms with Crippen molar-refractivity contribution in [2.75, 3.05) is 13.2 Å². The minimum absolute atomic E-state index is 0.0291. The molecule has 1 saturated heterocycles. The molecule has 1 aliphatic heterocycles. The summed E-state index contributed by atoms with van der Waals surface area (Å²) in [7, 11) is 0. The fourth-order valence-corrected chi connectivity index (χ4v) is 2.15. The third-order valence-corrected chi connectivity index (χ3v) is 2.90. The van der Waals surface area contributed by atoms with Crippen molar-refractivity contribution < 1.29 is 14.3 Å². The van der Waals surface area contributed by atoms with Gasteiger partial charge in [-0.1, -0.05) is 5.57 Å². The van der Waals surface area contributed by atoms with Gasteiger partial charge in [-0.3, -0.25) is 9.59 Å². The number of nitrogens with zero attached hydrogens (tertiary/aromatic N) is 1. The van der Waals surface area contributed by atoms with Crippen molar-refractivity contribution in [2.45, 2.75) is 39.8 Å². The van der Waals surface area contributed by atoms with E-state index in [1.54, 1.807) is 11.0 Å². The van der Waals surface area contributed by atoms with E-state index in [0.717, 1.165) is 5.57 Å². The SMILES string of the molecule is CC(C)=C/C(=C\NC=O)C(=O)N1C(C)COC[C@H]1C. The van der Waals surface area contributed by atoms with Crippen molar-refractivity contribution >= 4 is 12.3 Å². The van der Waals surface area contributed by atoms with Crippen LogP contribution in [0.3, 0.4) is 0 Å². The molecule has 5 heteroatoms. The van der Waals surface area contributed by atoms with E-state index in [-0.39, 0.29) is 18.0 Å². The smallest absolute Gasteiger partial charge is 0.255 e. The number of carbonyl (C=O) groups excluding carboxylic acids is 2. The highest BCUT2D eigenvalue weighted by Gasteiger charge is 2.30. The van der Waals surface area contributed by atoms with Crippen molar-refractivity contribution in [3.05, 3.63) is 23.4 Å². The van der Waals surface area contributed by atoms with Gasteiger partial charge >= 0.3 is 0 Å². The monoisotopic (exact) mass is 266 g/mol. The van der Waals surface area contributed by atoms with Crippen LogP contribution in [0.25, 0.3) is 0 Å². The first-order valence-electron chi connectivity index (χ1n) is 6.42. The molecule has 5 nitrogen and oxygen atoms in total. The molecule has 0 spiro atoms. The van der Waals surface area contributed by atoms with Crippen LogP contribution in [0.4, 0.5) is 0 Å². The molecule has 0 bridgehead atoms. The van der Waals surface area contributed by atoms with E-state index in [0.29, 0.717) is 25.2 Å². The van der Waals surface area contributed by atoms with Gasteiger partial charge in [-0.05, 0) is 33.8 Å². The first kappa shape index (κ1) is 15.4. The van der Waals surface area contributed by atoms with Crippen LogP contribution in [0.2, 0.25) is 0 Å². The summed E-state index contributed by atoms with van der Waals surface area (Å²) in [5.74, 6) is -0.0844. The Kier molecular flexibility index (Phi) is 5.76. The zero-order valence-corrected chi connectivity index (χ0v) is 12.0. The van der Waals surface area contributed by atoms with Gasteiger partial charge in [-0.15, -0.1) is 0 Å². The Bertz CT molecular complexity index is 387. The molecular weight excluding hydrogens is 244 g/mol. The van der Waals surface area contributed by atoms with Crippen LogP contribution in [0.1, 0.15) is 27.7 Å². The van der Waals surface area contributed by atoms with E-state index in [2.05, 4.69) is 5.32 Å². The number of rotatable bonds is 4. The minimum atomic E-state index is -0.0844. The molecule has 1 rings (SSSR count). The Balaban J connectivity index is 2.97. The van der Waals surface area contributed by atoms with Crippen molar-refractivity contribution in [3.8, 4) is 0 Å². The van der Waals surface area contributed by atoms with E-state index in [4.69, 9.17) is 4.74 Å². The molecule has 106 valence electrons. The molecular formula is C14H22N2O3. The Morgan fingerprint density at radius 3 is 2.32 bits per heavy atom. The van der Waals surface area contributed by atoms with Gasteiger partial charge in [0.25, 0.3) is 5.91 Å². The molecule has 0 aliphatic carbocycles. The maximum atomic E-state index is 12.6. The fourth-order valence-electron chi connectivity index (χ4n) is 2.15. The summed E-state index contributed by atoms with van der Waals surface area (Å²) < 4.78 is 5.42. The Morgan fingerprint density at radius 2 is 1.84 bits per heavy atom. The van der Waals surface area contributed by atoms with Gasteiger partial charge in [0.1, 0.15) is 0 Å². The van der Waals surface area contributed by atoms with E-state index in [1.807, 2.05) is 27.7 Å². The molecule has 1 unspecified atom stereocenters. The average Bonchev–Trinajstić information content (AvgIpc) is 2.33. The lowest BCUT2D eigenvalue weighted by Gasteiger charge is -2.39. The maximum Gasteiger partial charge on any atom is 0.255 e. The van der Waals surface area contributed by atoms with Crippen molar-refractivity contribution in [1.29, 1.82) is 0 Å². The normalized spacial score (nSPS) is 23.8. The van der Waals surface area contributed by atoms with Gasteiger partial charge in [0.05, 0.1) is 30.9 Å². The zero-order chi connectivity index (χ0) is 14.4. The zero-order valence-electron chi connectivity index (χ0n) is 12.0. The van der Waals surface area contributed by atoms with Gasteiger partial charge in [-0.2, -0.15) is 0 Å². The third-order valence-electron chi connectivity index (χ3n) is 2.90. The predicted molar refractivity (Wildman–Crippen MR) is 73.3 cm³/mol. The standard InChI is InChI=1S/C14H22N2O3/c1-10(2)5-13(6-15-9-17)14(18)16-11(3)7-19-8-12(16)4/h5-6,9,11-12H,7-8H2,1-4H3,(H,15,17)/b13-6+/t11-,12?/m1/s1. The molecule has 1 fully saturated rings. The Morgan fingerprint density at radius 1 is 1.26 bits per heavy atom. The molecule has 2 atom stereocenters. The summed E-state index contributed by atoms with van der Waals surface area (Å²) in [6, 6.07) is 0.0582. The number of amides is 2. The van der Waals surface area contributed by atoms with Gasteiger partial charge in [0.2, 0.25) is 6.41 Å². The second kappa shape index (κ2) is 7.09. The molecule has 1 heterocycles. The fraction of sp³-hybridized carbons (Fsp3) is 0.571. The molecule has 0 saturated carbocycles. The second-order valence-corrected chi connectivity index (χ2v) is 5.05. The van der Waals surface area contributed by atoms with Crippen LogP contribution < -0.4 is 5.32 Å². The number of morpholine rings is 1. The molecule has 1 aliphatic rings. The first-order chi connectivity index (χ1) is 8.97. The van der Waals surface area contributed by atoms with Crippen LogP contribution in [0, 0.1) is 0 Å². The van der Waals surface area contributed by atoms with E-state index in [9.17, 15) is 9.59 Å².